The summed E-state index contributed by atoms with van der Waals surface area (Å²) in [6.45, 7) is 6.57. The minimum atomic E-state index is 0.172. The zero-order valence-corrected chi connectivity index (χ0v) is 12.3. The maximum Gasteiger partial charge on any atom is 0.227 e. The van der Waals surface area contributed by atoms with Crippen LogP contribution in [0.1, 0.15) is 25.8 Å². The van der Waals surface area contributed by atoms with Crippen molar-refractivity contribution in [3.05, 3.63) is 29.8 Å². The first-order valence-electron chi connectivity index (χ1n) is 7.28. The zero-order chi connectivity index (χ0) is 14.5. The van der Waals surface area contributed by atoms with Crippen molar-refractivity contribution in [1.29, 1.82) is 0 Å². The highest BCUT2D eigenvalue weighted by atomic mass is 16.5. The number of likely N-dealkylation sites (tertiary alicyclic amines) is 1. The molecule has 1 fully saturated rings. The van der Waals surface area contributed by atoms with Gasteiger partial charge in [-0.3, -0.25) is 4.79 Å². The average molecular weight is 276 g/mol. The molecule has 0 saturated carbocycles. The zero-order valence-electron chi connectivity index (χ0n) is 12.3. The molecule has 0 bridgehead atoms. The molecular formula is C16H24N2O2. The van der Waals surface area contributed by atoms with Crippen molar-refractivity contribution in [2.45, 2.75) is 32.8 Å². The van der Waals surface area contributed by atoms with E-state index in [2.05, 4.69) is 13.8 Å². The molecule has 0 radical (unpaired) electrons. The third-order valence-corrected chi connectivity index (χ3v) is 3.50. The Hall–Kier alpha value is -1.55. The molecule has 1 unspecified atom stereocenters. The van der Waals surface area contributed by atoms with E-state index in [0.29, 0.717) is 12.3 Å². The van der Waals surface area contributed by atoms with E-state index in [1.807, 2.05) is 29.2 Å². The topological polar surface area (TPSA) is 55.6 Å². The maximum atomic E-state index is 12.2. The summed E-state index contributed by atoms with van der Waals surface area (Å²) in [4.78, 5) is 14.1. The molecule has 110 valence electrons. The maximum absolute atomic E-state index is 12.2. The Bertz CT molecular complexity index is 442. The number of benzene rings is 1. The van der Waals surface area contributed by atoms with Crippen LogP contribution in [-0.4, -0.2) is 36.6 Å². The lowest BCUT2D eigenvalue weighted by Gasteiger charge is -2.17. The van der Waals surface area contributed by atoms with Gasteiger partial charge < -0.3 is 15.4 Å². The van der Waals surface area contributed by atoms with E-state index < -0.39 is 0 Å². The number of carbonyl (C=O) groups is 1. The molecule has 1 atom stereocenters. The fourth-order valence-corrected chi connectivity index (χ4v) is 2.34. The van der Waals surface area contributed by atoms with Crippen molar-refractivity contribution in [3.8, 4) is 0 Å². The summed E-state index contributed by atoms with van der Waals surface area (Å²) in [7, 11) is 0. The van der Waals surface area contributed by atoms with Crippen molar-refractivity contribution < 1.29 is 9.53 Å². The fraction of sp³-hybridized carbons (Fsp3) is 0.562. The van der Waals surface area contributed by atoms with Crippen LogP contribution in [0.15, 0.2) is 24.3 Å². The van der Waals surface area contributed by atoms with Gasteiger partial charge in [0, 0.05) is 25.4 Å². The van der Waals surface area contributed by atoms with Crippen LogP contribution >= 0.6 is 0 Å². The number of amides is 1. The van der Waals surface area contributed by atoms with Gasteiger partial charge in [0.25, 0.3) is 0 Å². The molecule has 4 heteroatoms. The number of anilines is 1. The Kier molecular flexibility index (Phi) is 5.01. The molecule has 1 amide bonds. The van der Waals surface area contributed by atoms with Gasteiger partial charge in [-0.2, -0.15) is 0 Å². The number of nitrogen functional groups attached to an aromatic ring is 1. The van der Waals surface area contributed by atoms with Crippen LogP contribution < -0.4 is 5.73 Å². The van der Waals surface area contributed by atoms with Crippen LogP contribution in [0.2, 0.25) is 0 Å². The van der Waals surface area contributed by atoms with Crippen molar-refractivity contribution in [2.75, 3.05) is 25.4 Å². The predicted molar refractivity (Wildman–Crippen MR) is 80.3 cm³/mol. The first-order valence-corrected chi connectivity index (χ1v) is 7.28. The Labute approximate surface area is 120 Å². The van der Waals surface area contributed by atoms with Gasteiger partial charge in [-0.1, -0.05) is 26.0 Å². The third-order valence-electron chi connectivity index (χ3n) is 3.50. The van der Waals surface area contributed by atoms with Crippen LogP contribution in [0.4, 0.5) is 5.69 Å². The van der Waals surface area contributed by atoms with Crippen molar-refractivity contribution >= 4 is 11.6 Å². The lowest BCUT2D eigenvalue weighted by molar-refractivity contribution is -0.130. The summed E-state index contributed by atoms with van der Waals surface area (Å²) >= 11 is 0. The normalized spacial score (nSPS) is 18.8. The van der Waals surface area contributed by atoms with Crippen LogP contribution in [-0.2, 0) is 16.0 Å². The summed E-state index contributed by atoms with van der Waals surface area (Å²) in [5, 5.41) is 0. The van der Waals surface area contributed by atoms with Crippen molar-refractivity contribution in [3.63, 3.8) is 0 Å². The van der Waals surface area contributed by atoms with E-state index in [-0.39, 0.29) is 12.0 Å². The van der Waals surface area contributed by atoms with E-state index in [4.69, 9.17) is 10.5 Å². The average Bonchev–Trinajstić information content (AvgIpc) is 2.88. The molecule has 1 saturated heterocycles. The van der Waals surface area contributed by atoms with Gasteiger partial charge in [-0.05, 0) is 30.0 Å². The summed E-state index contributed by atoms with van der Waals surface area (Å²) in [5.41, 5.74) is 7.38. The molecule has 0 spiro atoms. The number of hydrogen-bond acceptors (Lipinski definition) is 3. The molecule has 1 aliphatic heterocycles. The molecule has 20 heavy (non-hydrogen) atoms. The largest absolute Gasteiger partial charge is 0.399 e. The Morgan fingerprint density at radius 3 is 2.75 bits per heavy atom. The minimum absolute atomic E-state index is 0.172. The number of hydrogen-bond donors (Lipinski definition) is 1. The van der Waals surface area contributed by atoms with Crippen LogP contribution in [0.25, 0.3) is 0 Å². The van der Waals surface area contributed by atoms with Gasteiger partial charge in [0.1, 0.15) is 0 Å². The van der Waals surface area contributed by atoms with Gasteiger partial charge in [0.05, 0.1) is 12.5 Å². The Morgan fingerprint density at radius 2 is 2.10 bits per heavy atom. The lowest BCUT2D eigenvalue weighted by Crippen LogP contribution is -2.31. The molecule has 0 aromatic heterocycles. The first-order chi connectivity index (χ1) is 9.54. The van der Waals surface area contributed by atoms with Gasteiger partial charge in [0.2, 0.25) is 5.91 Å². The minimum Gasteiger partial charge on any atom is -0.399 e. The molecule has 2 N–H and O–H groups in total. The molecule has 1 heterocycles. The summed E-state index contributed by atoms with van der Waals surface area (Å²) < 4.78 is 5.80. The Balaban J connectivity index is 1.80. The Morgan fingerprint density at radius 1 is 1.40 bits per heavy atom. The van der Waals surface area contributed by atoms with E-state index in [0.717, 1.165) is 37.4 Å². The number of nitrogens with zero attached hydrogens (tertiary/aromatic N) is 1. The van der Waals surface area contributed by atoms with Gasteiger partial charge in [-0.15, -0.1) is 0 Å². The first kappa shape index (κ1) is 14.9. The van der Waals surface area contributed by atoms with E-state index in [9.17, 15) is 4.79 Å². The highest BCUT2D eigenvalue weighted by molar-refractivity contribution is 5.79. The summed E-state index contributed by atoms with van der Waals surface area (Å²) in [6, 6.07) is 7.49. The standard InChI is InChI=1S/C16H24N2O2/c1-12(2)11-20-15-7-8-18(10-15)16(19)9-13-3-5-14(17)6-4-13/h3-6,12,15H,7-11,17H2,1-2H3. The third kappa shape index (κ3) is 4.23. The number of ether oxygens (including phenoxy) is 1. The monoisotopic (exact) mass is 276 g/mol. The predicted octanol–water partition coefficient (Wildman–Crippen LogP) is 2.08. The van der Waals surface area contributed by atoms with Gasteiger partial charge >= 0.3 is 0 Å². The van der Waals surface area contributed by atoms with Crippen molar-refractivity contribution in [2.24, 2.45) is 5.92 Å². The van der Waals surface area contributed by atoms with Crippen molar-refractivity contribution in [1.82, 2.24) is 4.90 Å². The second-order valence-electron chi connectivity index (χ2n) is 5.90. The number of carbonyl (C=O) groups excluding carboxylic acids is 1. The summed E-state index contributed by atoms with van der Waals surface area (Å²) in [6.07, 6.45) is 1.59. The van der Waals surface area contributed by atoms with Gasteiger partial charge in [-0.25, -0.2) is 0 Å². The smallest absolute Gasteiger partial charge is 0.227 e. The lowest BCUT2D eigenvalue weighted by atomic mass is 10.1. The molecule has 4 nitrogen and oxygen atoms in total. The highest BCUT2D eigenvalue weighted by Gasteiger charge is 2.26. The molecule has 1 aliphatic rings. The van der Waals surface area contributed by atoms with Crippen LogP contribution in [0, 0.1) is 5.92 Å². The second kappa shape index (κ2) is 6.75. The molecular weight excluding hydrogens is 252 g/mol. The molecule has 2 rings (SSSR count). The molecule has 1 aromatic rings. The van der Waals surface area contributed by atoms with E-state index >= 15 is 0 Å². The van der Waals surface area contributed by atoms with Crippen LogP contribution in [0.3, 0.4) is 0 Å². The summed E-state index contributed by atoms with van der Waals surface area (Å²) in [5.74, 6) is 0.708. The molecule has 0 aliphatic carbocycles. The highest BCUT2D eigenvalue weighted by Crippen LogP contribution is 2.16. The fourth-order valence-electron chi connectivity index (χ4n) is 2.34. The number of nitrogens with two attached hydrogens (primary N) is 1. The van der Waals surface area contributed by atoms with E-state index in [1.165, 1.54) is 0 Å². The molecule has 1 aromatic carbocycles. The van der Waals surface area contributed by atoms with E-state index in [1.54, 1.807) is 0 Å². The quantitative estimate of drug-likeness (QED) is 0.838. The second-order valence-corrected chi connectivity index (χ2v) is 5.90. The number of rotatable bonds is 5. The van der Waals surface area contributed by atoms with Gasteiger partial charge in [0.15, 0.2) is 0 Å². The SMILES string of the molecule is CC(C)COC1CCN(C(=O)Cc2ccc(N)cc2)C1. The van der Waals surface area contributed by atoms with Crippen LogP contribution in [0.5, 0.6) is 0 Å².